The van der Waals surface area contributed by atoms with E-state index in [0.717, 1.165) is 23.8 Å². The number of fused-ring (bicyclic) bond motifs is 2. The largest absolute Gasteiger partial charge is 0.316 e. The SMILES string of the molecule is CC(C)N1CC2CCC(C(C)(C)N3CC4CNCC4C3)NC2C1. The molecule has 4 fully saturated rings. The summed E-state index contributed by atoms with van der Waals surface area (Å²) in [4.78, 5) is 5.47. The molecule has 4 nitrogen and oxygen atoms in total. The van der Waals surface area contributed by atoms with Gasteiger partial charge in [0.2, 0.25) is 0 Å². The molecule has 4 aliphatic heterocycles. The quantitative estimate of drug-likeness (QED) is 0.822. The average molecular weight is 321 g/mol. The van der Waals surface area contributed by atoms with Crippen molar-refractivity contribution in [2.45, 2.75) is 64.2 Å². The molecule has 0 spiro atoms. The van der Waals surface area contributed by atoms with Crippen LogP contribution in [-0.4, -0.2) is 72.7 Å². The molecule has 0 saturated carbocycles. The monoisotopic (exact) mass is 320 g/mol. The molecule has 132 valence electrons. The zero-order chi connectivity index (χ0) is 16.2. The highest BCUT2D eigenvalue weighted by Gasteiger charge is 2.48. The van der Waals surface area contributed by atoms with Crippen molar-refractivity contribution in [3.63, 3.8) is 0 Å². The molecule has 4 aliphatic rings. The third kappa shape index (κ3) is 2.86. The summed E-state index contributed by atoms with van der Waals surface area (Å²) in [7, 11) is 0. The van der Waals surface area contributed by atoms with Crippen LogP contribution in [0.25, 0.3) is 0 Å². The van der Waals surface area contributed by atoms with Gasteiger partial charge in [0.05, 0.1) is 0 Å². The number of hydrogen-bond acceptors (Lipinski definition) is 4. The van der Waals surface area contributed by atoms with Crippen LogP contribution in [0.4, 0.5) is 0 Å². The van der Waals surface area contributed by atoms with Crippen molar-refractivity contribution in [3.8, 4) is 0 Å². The Morgan fingerprint density at radius 1 is 0.913 bits per heavy atom. The normalized spacial score (nSPS) is 42.4. The second-order valence-corrected chi connectivity index (χ2v) is 9.45. The molecule has 0 aromatic carbocycles. The highest BCUT2D eigenvalue weighted by molar-refractivity contribution is 5.06. The Morgan fingerprint density at radius 3 is 2.26 bits per heavy atom. The first-order valence-corrected chi connectivity index (χ1v) is 9.91. The highest BCUT2D eigenvalue weighted by Crippen LogP contribution is 2.37. The summed E-state index contributed by atoms with van der Waals surface area (Å²) in [5.74, 6) is 2.67. The Balaban J connectivity index is 1.40. The lowest BCUT2D eigenvalue weighted by molar-refractivity contribution is 0.0691. The number of hydrogen-bond donors (Lipinski definition) is 2. The molecule has 4 rings (SSSR count). The Bertz CT molecular complexity index is 423. The fourth-order valence-corrected chi connectivity index (χ4v) is 5.63. The van der Waals surface area contributed by atoms with E-state index >= 15 is 0 Å². The zero-order valence-electron chi connectivity index (χ0n) is 15.5. The summed E-state index contributed by atoms with van der Waals surface area (Å²) in [6.07, 6.45) is 2.77. The van der Waals surface area contributed by atoms with E-state index in [1.807, 2.05) is 0 Å². The van der Waals surface area contributed by atoms with Crippen LogP contribution in [-0.2, 0) is 0 Å². The molecule has 5 unspecified atom stereocenters. The molecule has 4 saturated heterocycles. The van der Waals surface area contributed by atoms with Gasteiger partial charge in [-0.05, 0) is 71.4 Å². The van der Waals surface area contributed by atoms with E-state index in [1.165, 1.54) is 52.1 Å². The minimum Gasteiger partial charge on any atom is -0.316 e. The average Bonchev–Trinajstić information content (AvgIpc) is 3.19. The van der Waals surface area contributed by atoms with Crippen LogP contribution in [0.15, 0.2) is 0 Å². The third-order valence-corrected chi connectivity index (χ3v) is 7.50. The molecule has 0 aromatic heterocycles. The molecule has 0 aliphatic carbocycles. The standard InChI is InChI=1S/C19H36N4/c1-13(2)22-9-14-5-6-18(21-17(14)12-22)19(3,4)23-10-15-7-20-8-16(15)11-23/h13-18,20-21H,5-12H2,1-4H3. The summed E-state index contributed by atoms with van der Waals surface area (Å²) in [6.45, 7) is 17.3. The lowest BCUT2D eigenvalue weighted by Crippen LogP contribution is -2.62. The molecule has 4 heterocycles. The number of nitrogens with zero attached hydrogens (tertiary/aromatic N) is 2. The number of piperidine rings is 1. The first-order chi connectivity index (χ1) is 10.9. The summed E-state index contributed by atoms with van der Waals surface area (Å²) < 4.78 is 0. The lowest BCUT2D eigenvalue weighted by atomic mass is 9.81. The molecular formula is C19H36N4. The number of rotatable bonds is 3. The Morgan fingerprint density at radius 2 is 1.61 bits per heavy atom. The van der Waals surface area contributed by atoms with Crippen LogP contribution in [0.1, 0.15) is 40.5 Å². The van der Waals surface area contributed by atoms with Crippen LogP contribution in [0.2, 0.25) is 0 Å². The molecule has 5 atom stereocenters. The third-order valence-electron chi connectivity index (χ3n) is 7.50. The number of nitrogens with one attached hydrogen (secondary N) is 2. The van der Waals surface area contributed by atoms with Gasteiger partial charge < -0.3 is 10.6 Å². The van der Waals surface area contributed by atoms with E-state index in [1.54, 1.807) is 0 Å². The maximum absolute atomic E-state index is 4.08. The first-order valence-electron chi connectivity index (χ1n) is 9.91. The van der Waals surface area contributed by atoms with Gasteiger partial charge >= 0.3 is 0 Å². The smallest absolute Gasteiger partial charge is 0.0306 e. The van der Waals surface area contributed by atoms with Gasteiger partial charge in [-0.1, -0.05) is 0 Å². The van der Waals surface area contributed by atoms with Gasteiger partial charge in [-0.15, -0.1) is 0 Å². The summed E-state index contributed by atoms with van der Waals surface area (Å²) >= 11 is 0. The van der Waals surface area contributed by atoms with Gasteiger partial charge in [0.25, 0.3) is 0 Å². The Hall–Kier alpha value is -0.160. The van der Waals surface area contributed by atoms with Crippen molar-refractivity contribution in [2.24, 2.45) is 17.8 Å². The van der Waals surface area contributed by atoms with Gasteiger partial charge in [-0.3, -0.25) is 9.80 Å². The lowest BCUT2D eigenvalue weighted by Gasteiger charge is -2.47. The maximum Gasteiger partial charge on any atom is 0.0306 e. The summed E-state index contributed by atoms with van der Waals surface area (Å²) in [5.41, 5.74) is 0.292. The predicted octanol–water partition coefficient (Wildman–Crippen LogP) is 1.38. The van der Waals surface area contributed by atoms with E-state index in [0.29, 0.717) is 17.6 Å². The molecule has 4 heteroatoms. The van der Waals surface area contributed by atoms with Crippen LogP contribution in [0, 0.1) is 17.8 Å². The van der Waals surface area contributed by atoms with Crippen molar-refractivity contribution < 1.29 is 0 Å². The van der Waals surface area contributed by atoms with Crippen LogP contribution in [0.3, 0.4) is 0 Å². The summed E-state index contributed by atoms with van der Waals surface area (Å²) in [5, 5.41) is 7.66. The van der Waals surface area contributed by atoms with Crippen molar-refractivity contribution in [2.75, 3.05) is 39.3 Å². The molecule has 0 amide bonds. The minimum absolute atomic E-state index is 0.292. The fraction of sp³-hybridized carbons (Fsp3) is 1.00. The van der Waals surface area contributed by atoms with Crippen molar-refractivity contribution in [1.82, 2.24) is 20.4 Å². The van der Waals surface area contributed by atoms with E-state index in [2.05, 4.69) is 48.1 Å². The van der Waals surface area contributed by atoms with Gasteiger partial charge in [-0.2, -0.15) is 0 Å². The van der Waals surface area contributed by atoms with E-state index in [4.69, 9.17) is 0 Å². The van der Waals surface area contributed by atoms with Gasteiger partial charge in [-0.25, -0.2) is 0 Å². The van der Waals surface area contributed by atoms with E-state index in [-0.39, 0.29) is 0 Å². The van der Waals surface area contributed by atoms with Crippen molar-refractivity contribution >= 4 is 0 Å². The second-order valence-electron chi connectivity index (χ2n) is 9.45. The molecule has 0 bridgehead atoms. The second kappa shape index (κ2) is 5.98. The Labute approximate surface area is 142 Å². The molecule has 23 heavy (non-hydrogen) atoms. The van der Waals surface area contributed by atoms with Crippen molar-refractivity contribution in [3.05, 3.63) is 0 Å². The minimum atomic E-state index is 0.292. The highest BCUT2D eigenvalue weighted by atomic mass is 15.3. The molecule has 2 N–H and O–H groups in total. The van der Waals surface area contributed by atoms with Gasteiger partial charge in [0, 0.05) is 49.8 Å². The first kappa shape index (κ1) is 16.3. The summed E-state index contributed by atoms with van der Waals surface area (Å²) in [6, 6.07) is 2.07. The van der Waals surface area contributed by atoms with Crippen LogP contribution < -0.4 is 10.6 Å². The molecular weight excluding hydrogens is 284 g/mol. The van der Waals surface area contributed by atoms with Gasteiger partial charge in [0.1, 0.15) is 0 Å². The fourth-order valence-electron chi connectivity index (χ4n) is 5.63. The van der Waals surface area contributed by atoms with Gasteiger partial charge in [0.15, 0.2) is 0 Å². The number of likely N-dealkylation sites (tertiary alicyclic amines) is 2. The maximum atomic E-state index is 4.08. The zero-order valence-corrected chi connectivity index (χ0v) is 15.5. The molecule has 0 radical (unpaired) electrons. The predicted molar refractivity (Wildman–Crippen MR) is 95.6 cm³/mol. The molecule has 0 aromatic rings. The van der Waals surface area contributed by atoms with Crippen LogP contribution in [0.5, 0.6) is 0 Å². The van der Waals surface area contributed by atoms with Crippen LogP contribution >= 0.6 is 0 Å². The van der Waals surface area contributed by atoms with Crippen molar-refractivity contribution in [1.29, 1.82) is 0 Å². The Kier molecular flexibility index (Phi) is 4.24. The van der Waals surface area contributed by atoms with E-state index < -0.39 is 0 Å². The van der Waals surface area contributed by atoms with E-state index in [9.17, 15) is 0 Å². The topological polar surface area (TPSA) is 30.5 Å².